The number of ether oxygens (including phenoxy) is 1. The van der Waals surface area contributed by atoms with Gasteiger partial charge >= 0.3 is 6.09 Å². The third-order valence-electron chi connectivity index (χ3n) is 2.97. The summed E-state index contributed by atoms with van der Waals surface area (Å²) in [5.41, 5.74) is -0.436. The average molecular weight is 229 g/mol. The molecule has 2 atom stereocenters. The molecule has 1 saturated heterocycles. The van der Waals surface area contributed by atoms with E-state index >= 15 is 0 Å². The molecule has 16 heavy (non-hydrogen) atoms. The monoisotopic (exact) mass is 229 g/mol. The summed E-state index contributed by atoms with van der Waals surface area (Å²) in [6.45, 7) is 9.25. The number of nitrogens with zero attached hydrogens (tertiary/aromatic N) is 1. The maximum atomic E-state index is 11.8. The fourth-order valence-electron chi connectivity index (χ4n) is 1.96. The van der Waals surface area contributed by atoms with Crippen molar-refractivity contribution in [1.82, 2.24) is 4.90 Å². The lowest BCUT2D eigenvalue weighted by Crippen LogP contribution is -2.45. The van der Waals surface area contributed by atoms with Crippen molar-refractivity contribution in [1.29, 1.82) is 0 Å². The van der Waals surface area contributed by atoms with Crippen LogP contribution in [-0.2, 0) is 4.74 Å². The molecule has 0 aromatic heterocycles. The van der Waals surface area contributed by atoms with Crippen molar-refractivity contribution in [2.45, 2.75) is 39.7 Å². The molecule has 0 spiro atoms. The Hall–Kier alpha value is -0.770. The number of piperidine rings is 1. The molecule has 0 radical (unpaired) electrons. The van der Waals surface area contributed by atoms with E-state index in [2.05, 4.69) is 6.92 Å². The van der Waals surface area contributed by atoms with Crippen molar-refractivity contribution >= 4 is 6.09 Å². The Morgan fingerprint density at radius 2 is 2.12 bits per heavy atom. The molecule has 4 nitrogen and oxygen atoms in total. The molecule has 1 heterocycles. The molecule has 0 aliphatic carbocycles. The highest BCUT2D eigenvalue weighted by Gasteiger charge is 2.30. The minimum atomic E-state index is -0.436. The van der Waals surface area contributed by atoms with Gasteiger partial charge in [-0.2, -0.15) is 0 Å². The average Bonchev–Trinajstić information content (AvgIpc) is 2.15. The molecule has 0 saturated carbocycles. The molecular formula is C12H23NO3. The van der Waals surface area contributed by atoms with Crippen LogP contribution in [-0.4, -0.2) is 41.4 Å². The van der Waals surface area contributed by atoms with Gasteiger partial charge in [-0.3, -0.25) is 0 Å². The molecule has 1 aliphatic rings. The van der Waals surface area contributed by atoms with Gasteiger partial charge in [0.15, 0.2) is 0 Å². The summed E-state index contributed by atoms with van der Waals surface area (Å²) in [6, 6.07) is 0. The van der Waals surface area contributed by atoms with E-state index in [1.165, 1.54) is 0 Å². The van der Waals surface area contributed by atoms with Gasteiger partial charge < -0.3 is 14.7 Å². The molecule has 1 fully saturated rings. The zero-order chi connectivity index (χ0) is 12.3. The van der Waals surface area contributed by atoms with Gasteiger partial charge in [0.1, 0.15) is 5.60 Å². The van der Waals surface area contributed by atoms with Gasteiger partial charge in [0.25, 0.3) is 0 Å². The quantitative estimate of drug-likeness (QED) is 0.746. The van der Waals surface area contributed by atoms with Crippen molar-refractivity contribution in [3.05, 3.63) is 0 Å². The Balaban J connectivity index is 2.48. The highest BCUT2D eigenvalue weighted by atomic mass is 16.6. The smallest absolute Gasteiger partial charge is 0.410 e. The van der Waals surface area contributed by atoms with Crippen LogP contribution in [0.3, 0.4) is 0 Å². The first kappa shape index (κ1) is 13.3. The normalized spacial score (nSPS) is 26.7. The third kappa shape index (κ3) is 3.67. The first-order valence-corrected chi connectivity index (χ1v) is 5.92. The summed E-state index contributed by atoms with van der Waals surface area (Å²) in [6.07, 6.45) is 0.618. The number of aliphatic hydroxyl groups is 1. The molecule has 0 aromatic carbocycles. The van der Waals surface area contributed by atoms with Crippen LogP contribution >= 0.6 is 0 Å². The maximum absolute atomic E-state index is 11.8. The van der Waals surface area contributed by atoms with E-state index in [1.54, 1.807) is 4.90 Å². The molecule has 0 bridgehead atoms. The molecule has 0 aromatic rings. The van der Waals surface area contributed by atoms with Crippen LogP contribution in [0.1, 0.15) is 34.1 Å². The topological polar surface area (TPSA) is 49.8 Å². The minimum Gasteiger partial charge on any atom is -0.444 e. The summed E-state index contributed by atoms with van der Waals surface area (Å²) < 4.78 is 5.32. The van der Waals surface area contributed by atoms with Crippen LogP contribution in [0.2, 0.25) is 0 Å². The van der Waals surface area contributed by atoms with Gasteiger partial charge in [0, 0.05) is 19.7 Å². The Morgan fingerprint density at radius 1 is 1.50 bits per heavy atom. The van der Waals surface area contributed by atoms with E-state index in [4.69, 9.17) is 9.84 Å². The number of carbonyl (C=O) groups excluding carboxylic acids is 1. The molecule has 0 unspecified atom stereocenters. The van der Waals surface area contributed by atoms with Crippen molar-refractivity contribution in [3.63, 3.8) is 0 Å². The molecule has 1 rings (SSSR count). The number of likely N-dealkylation sites (tertiary alicyclic amines) is 1. The molecule has 94 valence electrons. The fraction of sp³-hybridized carbons (Fsp3) is 0.917. The first-order valence-electron chi connectivity index (χ1n) is 5.92. The summed E-state index contributed by atoms with van der Waals surface area (Å²) in [4.78, 5) is 13.5. The Bertz CT molecular complexity index is 247. The second kappa shape index (κ2) is 5.04. The highest BCUT2D eigenvalue weighted by Crippen LogP contribution is 2.24. The standard InChI is InChI=1S/C12H23NO3/c1-9-7-13(6-5-10(9)8-14)11(15)16-12(2,3)4/h9-10,14H,5-8H2,1-4H3/t9-,10-/m0/s1. The zero-order valence-electron chi connectivity index (χ0n) is 10.7. The van der Waals surface area contributed by atoms with Crippen molar-refractivity contribution in [2.24, 2.45) is 11.8 Å². The van der Waals surface area contributed by atoms with E-state index in [0.29, 0.717) is 24.9 Å². The van der Waals surface area contributed by atoms with E-state index < -0.39 is 5.60 Å². The summed E-state index contributed by atoms with van der Waals surface area (Å²) in [5, 5.41) is 9.14. The number of amides is 1. The predicted molar refractivity (Wildman–Crippen MR) is 62.2 cm³/mol. The zero-order valence-corrected chi connectivity index (χ0v) is 10.7. The SMILES string of the molecule is C[C@H]1CN(C(=O)OC(C)(C)C)CC[C@H]1CO. The fourth-order valence-corrected chi connectivity index (χ4v) is 1.96. The summed E-state index contributed by atoms with van der Waals surface area (Å²) in [7, 11) is 0. The van der Waals surface area contributed by atoms with Crippen LogP contribution in [0.5, 0.6) is 0 Å². The molecule has 1 aliphatic heterocycles. The van der Waals surface area contributed by atoms with Gasteiger partial charge in [0.2, 0.25) is 0 Å². The molecule has 4 heteroatoms. The number of hydrogen-bond acceptors (Lipinski definition) is 3. The van der Waals surface area contributed by atoms with E-state index in [9.17, 15) is 4.79 Å². The third-order valence-corrected chi connectivity index (χ3v) is 2.97. The van der Waals surface area contributed by atoms with E-state index in [-0.39, 0.29) is 12.7 Å². The van der Waals surface area contributed by atoms with Crippen molar-refractivity contribution in [2.75, 3.05) is 19.7 Å². The Kier molecular flexibility index (Phi) is 4.19. The van der Waals surface area contributed by atoms with Crippen molar-refractivity contribution in [3.8, 4) is 0 Å². The summed E-state index contributed by atoms with van der Waals surface area (Å²) in [5.74, 6) is 0.657. The second-order valence-electron chi connectivity index (χ2n) is 5.63. The minimum absolute atomic E-state index is 0.212. The highest BCUT2D eigenvalue weighted by molar-refractivity contribution is 5.68. The van der Waals surface area contributed by atoms with Gasteiger partial charge in [-0.15, -0.1) is 0 Å². The Labute approximate surface area is 97.6 Å². The second-order valence-corrected chi connectivity index (χ2v) is 5.63. The first-order chi connectivity index (χ1) is 7.33. The van der Waals surface area contributed by atoms with Gasteiger partial charge in [-0.05, 0) is 39.0 Å². The number of carbonyl (C=O) groups is 1. The summed E-state index contributed by atoms with van der Waals surface area (Å²) >= 11 is 0. The van der Waals surface area contributed by atoms with E-state index in [0.717, 1.165) is 6.42 Å². The van der Waals surface area contributed by atoms with Crippen LogP contribution in [0, 0.1) is 11.8 Å². The number of rotatable bonds is 1. The lowest BCUT2D eigenvalue weighted by atomic mass is 9.88. The van der Waals surface area contributed by atoms with Gasteiger partial charge in [0.05, 0.1) is 0 Å². The van der Waals surface area contributed by atoms with Crippen LogP contribution in [0.15, 0.2) is 0 Å². The Morgan fingerprint density at radius 3 is 2.56 bits per heavy atom. The molecular weight excluding hydrogens is 206 g/mol. The van der Waals surface area contributed by atoms with Crippen LogP contribution < -0.4 is 0 Å². The van der Waals surface area contributed by atoms with E-state index in [1.807, 2.05) is 20.8 Å². The lowest BCUT2D eigenvalue weighted by molar-refractivity contribution is 0.00695. The van der Waals surface area contributed by atoms with Crippen molar-refractivity contribution < 1.29 is 14.6 Å². The largest absolute Gasteiger partial charge is 0.444 e. The van der Waals surface area contributed by atoms with Gasteiger partial charge in [-0.1, -0.05) is 6.92 Å². The van der Waals surface area contributed by atoms with Crippen LogP contribution in [0.25, 0.3) is 0 Å². The maximum Gasteiger partial charge on any atom is 0.410 e. The van der Waals surface area contributed by atoms with Crippen LogP contribution in [0.4, 0.5) is 4.79 Å². The molecule has 1 amide bonds. The number of hydrogen-bond donors (Lipinski definition) is 1. The van der Waals surface area contributed by atoms with Gasteiger partial charge in [-0.25, -0.2) is 4.79 Å². The number of aliphatic hydroxyl groups excluding tert-OH is 1. The molecule has 1 N–H and O–H groups in total. The predicted octanol–water partition coefficient (Wildman–Crippen LogP) is 1.87. The lowest BCUT2D eigenvalue weighted by Gasteiger charge is -2.36.